The number of nitrogens with one attached hydrogen (secondary N) is 1. The van der Waals surface area contributed by atoms with Gasteiger partial charge in [-0.15, -0.1) is 0 Å². The lowest BCUT2D eigenvalue weighted by Gasteiger charge is -1.99. The number of H-pyrrole nitrogens is 1. The van der Waals surface area contributed by atoms with E-state index in [4.69, 9.17) is 16.7 Å². The molecule has 0 spiro atoms. The normalized spacial score (nSPS) is 10.5. The lowest BCUT2D eigenvalue weighted by atomic mass is 10.1. The van der Waals surface area contributed by atoms with Crippen LogP contribution in [0.1, 0.15) is 10.4 Å². The number of fused-ring (bicyclic) bond motifs is 1. The molecule has 1 aromatic carbocycles. The van der Waals surface area contributed by atoms with Crippen molar-refractivity contribution in [3.8, 4) is 0 Å². The highest BCUT2D eigenvalue weighted by Gasteiger charge is 2.09. The number of aromatic carboxylic acids is 1. The number of carboxylic acid groups (broad SMARTS) is 1. The van der Waals surface area contributed by atoms with Crippen molar-refractivity contribution in [2.24, 2.45) is 0 Å². The Morgan fingerprint density at radius 2 is 2.07 bits per heavy atom. The Morgan fingerprint density at radius 3 is 2.73 bits per heavy atom. The van der Waals surface area contributed by atoms with Crippen LogP contribution in [-0.2, 0) is 0 Å². The van der Waals surface area contributed by atoms with Crippen molar-refractivity contribution < 1.29 is 9.90 Å². The number of hydrogen-bond acceptors (Lipinski definition) is 2. The second-order valence-electron chi connectivity index (χ2n) is 3.05. The van der Waals surface area contributed by atoms with E-state index in [9.17, 15) is 9.59 Å². The summed E-state index contributed by atoms with van der Waals surface area (Å²) in [5.74, 6) is -1.25. The molecule has 0 amide bonds. The van der Waals surface area contributed by atoms with E-state index < -0.39 is 11.5 Å². The topological polar surface area (TPSA) is 70.2 Å². The summed E-state index contributed by atoms with van der Waals surface area (Å²) in [5.41, 5.74) is -0.337. The first-order chi connectivity index (χ1) is 7.08. The van der Waals surface area contributed by atoms with Gasteiger partial charge in [0.05, 0.1) is 0 Å². The minimum atomic E-state index is -1.25. The molecule has 0 radical (unpaired) electrons. The number of carbonyl (C=O) groups is 1. The molecule has 0 saturated heterocycles. The first-order valence-corrected chi connectivity index (χ1v) is 4.51. The minimum absolute atomic E-state index is 0.287. The predicted molar refractivity (Wildman–Crippen MR) is 56.5 cm³/mol. The van der Waals surface area contributed by atoms with Crippen LogP contribution in [0.2, 0.25) is 5.02 Å². The van der Waals surface area contributed by atoms with Crippen LogP contribution in [0.5, 0.6) is 0 Å². The third-order valence-corrected chi connectivity index (χ3v) is 2.27. The van der Waals surface area contributed by atoms with E-state index in [0.29, 0.717) is 15.9 Å². The number of halogens is 1. The van der Waals surface area contributed by atoms with Gasteiger partial charge in [-0.2, -0.15) is 0 Å². The largest absolute Gasteiger partial charge is 0.477 e. The van der Waals surface area contributed by atoms with Crippen LogP contribution in [0, 0.1) is 0 Å². The number of hydrogen-bond donors (Lipinski definition) is 2. The molecule has 5 heteroatoms. The molecule has 0 bridgehead atoms. The first kappa shape index (κ1) is 9.73. The van der Waals surface area contributed by atoms with E-state index in [0.717, 1.165) is 0 Å². The fourth-order valence-electron chi connectivity index (χ4n) is 1.34. The fourth-order valence-corrected chi connectivity index (χ4v) is 1.52. The van der Waals surface area contributed by atoms with Gasteiger partial charge in [-0.3, -0.25) is 4.79 Å². The second-order valence-corrected chi connectivity index (χ2v) is 3.49. The molecule has 1 heterocycles. The number of aromatic amines is 1. The summed E-state index contributed by atoms with van der Waals surface area (Å²) in [4.78, 5) is 24.5. The average molecular weight is 224 g/mol. The molecule has 2 N–H and O–H groups in total. The van der Waals surface area contributed by atoms with Gasteiger partial charge in [-0.1, -0.05) is 11.6 Å². The number of rotatable bonds is 1. The van der Waals surface area contributed by atoms with Crippen LogP contribution in [0.3, 0.4) is 0 Å². The van der Waals surface area contributed by atoms with Gasteiger partial charge >= 0.3 is 5.97 Å². The zero-order valence-electron chi connectivity index (χ0n) is 7.45. The van der Waals surface area contributed by atoms with Gasteiger partial charge in [-0.25, -0.2) is 4.79 Å². The van der Waals surface area contributed by atoms with E-state index in [1.54, 1.807) is 18.2 Å². The average Bonchev–Trinajstić information content (AvgIpc) is 2.17. The van der Waals surface area contributed by atoms with E-state index in [1.807, 2.05) is 0 Å². The Morgan fingerprint density at radius 1 is 1.33 bits per heavy atom. The molecule has 0 saturated carbocycles. The van der Waals surface area contributed by atoms with Crippen LogP contribution in [0.15, 0.2) is 29.1 Å². The predicted octanol–water partition coefficient (Wildman–Crippen LogP) is 1.88. The van der Waals surface area contributed by atoms with Crippen LogP contribution < -0.4 is 5.56 Å². The Bertz CT molecular complexity index is 603. The summed E-state index contributed by atoms with van der Waals surface area (Å²) in [5, 5.41) is 9.83. The van der Waals surface area contributed by atoms with Crippen LogP contribution in [0.25, 0.3) is 10.9 Å². The zero-order chi connectivity index (χ0) is 11.0. The molecule has 1 aromatic heterocycles. The summed E-state index contributed by atoms with van der Waals surface area (Å²) in [6, 6.07) is 6.16. The van der Waals surface area contributed by atoms with Crippen molar-refractivity contribution in [2.75, 3.05) is 0 Å². The second kappa shape index (κ2) is 3.40. The van der Waals surface area contributed by atoms with Crippen molar-refractivity contribution in [1.29, 1.82) is 0 Å². The maximum atomic E-state index is 11.3. The lowest BCUT2D eigenvalue weighted by molar-refractivity contribution is 0.0695. The molecule has 0 aliphatic heterocycles. The third kappa shape index (κ3) is 1.71. The van der Waals surface area contributed by atoms with E-state index in [-0.39, 0.29) is 5.56 Å². The highest BCUT2D eigenvalue weighted by atomic mass is 35.5. The first-order valence-electron chi connectivity index (χ1n) is 4.14. The third-order valence-electron chi connectivity index (χ3n) is 2.04. The summed E-state index contributed by atoms with van der Waals surface area (Å²) in [6.45, 7) is 0. The standard InChI is InChI=1S/C10H6ClNO3/c11-6-1-2-8-5(3-6)4-7(10(14)15)9(13)12-8/h1-4H,(H,12,13)(H,14,15). The molecule has 76 valence electrons. The summed E-state index contributed by atoms with van der Waals surface area (Å²) in [6.07, 6.45) is 0. The van der Waals surface area contributed by atoms with Crippen molar-refractivity contribution in [1.82, 2.24) is 4.98 Å². The molecule has 0 aliphatic rings. The van der Waals surface area contributed by atoms with Crippen molar-refractivity contribution in [2.45, 2.75) is 0 Å². The smallest absolute Gasteiger partial charge is 0.341 e. The fraction of sp³-hybridized carbons (Fsp3) is 0. The van der Waals surface area contributed by atoms with Gasteiger partial charge < -0.3 is 10.1 Å². The van der Waals surface area contributed by atoms with E-state index >= 15 is 0 Å². The summed E-state index contributed by atoms with van der Waals surface area (Å²) >= 11 is 5.75. The molecule has 4 nitrogen and oxygen atoms in total. The quantitative estimate of drug-likeness (QED) is 0.776. The van der Waals surface area contributed by atoms with Gasteiger partial charge in [0.2, 0.25) is 0 Å². The van der Waals surface area contributed by atoms with Gasteiger partial charge in [-0.05, 0) is 24.3 Å². The Balaban J connectivity index is 2.83. The van der Waals surface area contributed by atoms with Crippen LogP contribution in [-0.4, -0.2) is 16.1 Å². The number of benzene rings is 1. The molecular formula is C10H6ClNO3. The molecule has 0 aliphatic carbocycles. The molecule has 0 atom stereocenters. The number of carboxylic acids is 1. The highest BCUT2D eigenvalue weighted by molar-refractivity contribution is 6.31. The Hall–Kier alpha value is -1.81. The van der Waals surface area contributed by atoms with Crippen molar-refractivity contribution in [3.05, 3.63) is 45.2 Å². The minimum Gasteiger partial charge on any atom is -0.477 e. The lowest BCUT2D eigenvalue weighted by Crippen LogP contribution is -2.16. The van der Waals surface area contributed by atoms with E-state index in [2.05, 4.69) is 4.98 Å². The molecule has 2 aromatic rings. The van der Waals surface area contributed by atoms with Crippen LogP contribution >= 0.6 is 11.6 Å². The molecular weight excluding hydrogens is 218 g/mol. The highest BCUT2D eigenvalue weighted by Crippen LogP contribution is 2.16. The maximum absolute atomic E-state index is 11.3. The van der Waals surface area contributed by atoms with Crippen molar-refractivity contribution in [3.63, 3.8) is 0 Å². The van der Waals surface area contributed by atoms with E-state index in [1.165, 1.54) is 6.07 Å². The Kier molecular flexibility index (Phi) is 2.21. The van der Waals surface area contributed by atoms with Crippen molar-refractivity contribution >= 4 is 28.5 Å². The maximum Gasteiger partial charge on any atom is 0.341 e. The summed E-state index contributed by atoms with van der Waals surface area (Å²) < 4.78 is 0. The van der Waals surface area contributed by atoms with Crippen LogP contribution in [0.4, 0.5) is 0 Å². The number of aromatic nitrogens is 1. The molecule has 2 rings (SSSR count). The Labute approximate surface area is 89.1 Å². The molecule has 0 unspecified atom stereocenters. The molecule has 0 fully saturated rings. The summed E-state index contributed by atoms with van der Waals surface area (Å²) in [7, 11) is 0. The molecule has 15 heavy (non-hydrogen) atoms. The van der Waals surface area contributed by atoms with Gasteiger partial charge in [0, 0.05) is 15.9 Å². The van der Waals surface area contributed by atoms with Gasteiger partial charge in [0.15, 0.2) is 0 Å². The zero-order valence-corrected chi connectivity index (χ0v) is 8.21. The SMILES string of the molecule is O=C(O)c1cc2cc(Cl)ccc2[nH]c1=O. The van der Waals surface area contributed by atoms with Gasteiger partial charge in [0.1, 0.15) is 5.56 Å². The van der Waals surface area contributed by atoms with Gasteiger partial charge in [0.25, 0.3) is 5.56 Å². The monoisotopic (exact) mass is 223 g/mol. The number of pyridine rings is 1.